The average Bonchev–Trinajstić information content (AvgIpc) is 2.50. The lowest BCUT2D eigenvalue weighted by atomic mass is 9.94. The number of hydrogen-bond donors (Lipinski definition) is 4. The number of phenols is 3. The molecule has 1 aliphatic rings. The van der Waals surface area contributed by atoms with E-state index in [9.17, 15) is 25.2 Å². The van der Waals surface area contributed by atoms with E-state index < -0.39 is 12.2 Å². The largest absolute Gasteiger partial charge is 0.508 e. The molecule has 0 spiro atoms. The first-order valence-corrected chi connectivity index (χ1v) is 6.82. The van der Waals surface area contributed by atoms with Gasteiger partial charge >= 0.3 is 0 Å². The van der Waals surface area contributed by atoms with E-state index in [1.54, 1.807) is 6.07 Å². The van der Waals surface area contributed by atoms with E-state index in [-0.39, 0.29) is 41.6 Å². The molecule has 1 aliphatic heterocycles. The fourth-order valence-corrected chi connectivity index (χ4v) is 2.61. The predicted molar refractivity (Wildman–Crippen MR) is 77.7 cm³/mol. The highest BCUT2D eigenvalue weighted by Crippen LogP contribution is 2.42. The van der Waals surface area contributed by atoms with Crippen molar-refractivity contribution in [3.63, 3.8) is 0 Å². The fourth-order valence-electron chi connectivity index (χ4n) is 2.61. The van der Waals surface area contributed by atoms with E-state index in [0.29, 0.717) is 11.1 Å². The van der Waals surface area contributed by atoms with Crippen molar-refractivity contribution >= 4 is 6.47 Å². The summed E-state index contributed by atoms with van der Waals surface area (Å²) in [7, 11) is 0. The van der Waals surface area contributed by atoms with Gasteiger partial charge in [0.2, 0.25) is 0 Å². The molecule has 0 radical (unpaired) electrons. The van der Waals surface area contributed by atoms with E-state index >= 15 is 0 Å². The van der Waals surface area contributed by atoms with Gasteiger partial charge < -0.3 is 29.9 Å². The number of carbonyl (C=O) groups excluding carboxylic acids is 1. The highest BCUT2D eigenvalue weighted by atomic mass is 16.5. The van der Waals surface area contributed by atoms with Gasteiger partial charge in [-0.25, -0.2) is 0 Å². The van der Waals surface area contributed by atoms with Crippen LogP contribution in [0.15, 0.2) is 30.3 Å². The third kappa shape index (κ3) is 2.74. The van der Waals surface area contributed by atoms with Crippen LogP contribution < -0.4 is 9.47 Å². The minimum Gasteiger partial charge on any atom is -0.508 e. The zero-order valence-corrected chi connectivity index (χ0v) is 11.8. The second-order valence-corrected chi connectivity index (χ2v) is 5.19. The summed E-state index contributed by atoms with van der Waals surface area (Å²) >= 11 is 0. The maximum atomic E-state index is 10.3. The Bertz CT molecular complexity index is 756. The lowest BCUT2D eigenvalue weighted by molar-refractivity contribution is -0.120. The van der Waals surface area contributed by atoms with Crippen LogP contribution in [0.3, 0.4) is 0 Å². The minimum atomic E-state index is -0.963. The molecule has 2 unspecified atom stereocenters. The monoisotopic (exact) mass is 318 g/mol. The molecule has 0 saturated carbocycles. The summed E-state index contributed by atoms with van der Waals surface area (Å²) in [6.07, 6.45) is -1.64. The average molecular weight is 318 g/mol. The van der Waals surface area contributed by atoms with Crippen molar-refractivity contribution in [3.8, 4) is 28.7 Å². The highest BCUT2D eigenvalue weighted by Gasteiger charge is 2.32. The summed E-state index contributed by atoms with van der Waals surface area (Å²) in [5.74, 6) is -0.339. The van der Waals surface area contributed by atoms with Crippen LogP contribution in [0.1, 0.15) is 17.2 Å². The molecule has 120 valence electrons. The zero-order valence-electron chi connectivity index (χ0n) is 11.8. The number of rotatable bonds is 3. The molecule has 0 aromatic heterocycles. The van der Waals surface area contributed by atoms with Crippen LogP contribution in [-0.2, 0) is 11.2 Å². The summed E-state index contributed by atoms with van der Waals surface area (Å²) in [5.41, 5.74) is 0.860. The molecular formula is C16H14O7. The first kappa shape index (κ1) is 15.0. The standard InChI is InChI=1S/C16H14O7/c17-7-22-14-2-1-8(3-12(14)20)16-13(21)6-10-11(19)4-9(18)5-15(10)23-16/h1-5,7,13,16,18-21H,6H2. The minimum absolute atomic E-state index is 0.00950. The van der Waals surface area contributed by atoms with Gasteiger partial charge in [-0.05, 0) is 17.7 Å². The van der Waals surface area contributed by atoms with Crippen LogP contribution in [0.2, 0.25) is 0 Å². The summed E-state index contributed by atoms with van der Waals surface area (Å²) < 4.78 is 10.2. The van der Waals surface area contributed by atoms with Crippen LogP contribution in [0.4, 0.5) is 0 Å². The molecule has 2 atom stereocenters. The molecular weight excluding hydrogens is 304 g/mol. The van der Waals surface area contributed by atoms with Gasteiger partial charge in [-0.15, -0.1) is 0 Å². The molecule has 0 fully saturated rings. The molecule has 0 saturated heterocycles. The number of hydrogen-bond acceptors (Lipinski definition) is 7. The topological polar surface area (TPSA) is 116 Å². The molecule has 7 nitrogen and oxygen atoms in total. The maximum absolute atomic E-state index is 10.3. The molecule has 7 heteroatoms. The number of aromatic hydroxyl groups is 3. The number of aliphatic hydroxyl groups excluding tert-OH is 1. The molecule has 0 amide bonds. The van der Waals surface area contributed by atoms with Crippen molar-refractivity contribution in [1.29, 1.82) is 0 Å². The summed E-state index contributed by atoms with van der Waals surface area (Å²) in [4.78, 5) is 10.3. The molecule has 1 heterocycles. The molecule has 4 N–H and O–H groups in total. The second kappa shape index (κ2) is 5.69. The van der Waals surface area contributed by atoms with Gasteiger partial charge in [-0.2, -0.15) is 0 Å². The van der Waals surface area contributed by atoms with Gasteiger partial charge in [-0.1, -0.05) is 6.07 Å². The van der Waals surface area contributed by atoms with Gasteiger partial charge in [0.25, 0.3) is 6.47 Å². The Balaban J connectivity index is 1.95. The van der Waals surface area contributed by atoms with Gasteiger partial charge in [0.15, 0.2) is 11.5 Å². The van der Waals surface area contributed by atoms with Crippen LogP contribution in [0, 0.1) is 0 Å². The Morgan fingerprint density at radius 2 is 1.91 bits per heavy atom. The molecule has 0 bridgehead atoms. The number of fused-ring (bicyclic) bond motifs is 1. The number of carbonyl (C=O) groups is 1. The van der Waals surface area contributed by atoms with Gasteiger partial charge in [0.1, 0.15) is 23.4 Å². The quantitative estimate of drug-likeness (QED) is 0.632. The van der Waals surface area contributed by atoms with Crippen molar-refractivity contribution in [3.05, 3.63) is 41.5 Å². The maximum Gasteiger partial charge on any atom is 0.298 e. The number of ether oxygens (including phenoxy) is 2. The van der Waals surface area contributed by atoms with Crippen LogP contribution in [-0.4, -0.2) is 33.0 Å². The molecule has 2 aromatic rings. The van der Waals surface area contributed by atoms with Crippen LogP contribution >= 0.6 is 0 Å². The normalized spacial score (nSPS) is 19.5. The highest BCUT2D eigenvalue weighted by molar-refractivity contribution is 5.53. The number of benzene rings is 2. The van der Waals surface area contributed by atoms with Gasteiger partial charge in [-0.3, -0.25) is 4.79 Å². The summed E-state index contributed by atoms with van der Waals surface area (Å²) in [6.45, 7) is 0.197. The molecule has 2 aromatic carbocycles. The van der Waals surface area contributed by atoms with Gasteiger partial charge in [0, 0.05) is 24.1 Å². The SMILES string of the molecule is O=COc1ccc(C2Oc3cc(O)cc(O)c3CC2O)cc1O. The van der Waals surface area contributed by atoms with Crippen LogP contribution in [0.5, 0.6) is 28.7 Å². The Morgan fingerprint density at radius 1 is 1.13 bits per heavy atom. The van der Waals surface area contributed by atoms with E-state index in [0.717, 1.165) is 0 Å². The lowest BCUT2D eigenvalue weighted by Crippen LogP contribution is -2.30. The smallest absolute Gasteiger partial charge is 0.298 e. The van der Waals surface area contributed by atoms with Crippen molar-refractivity contribution in [2.75, 3.05) is 0 Å². The Morgan fingerprint density at radius 3 is 2.61 bits per heavy atom. The van der Waals surface area contributed by atoms with E-state index in [2.05, 4.69) is 4.74 Å². The first-order chi connectivity index (χ1) is 11.0. The van der Waals surface area contributed by atoms with Gasteiger partial charge in [0.05, 0.1) is 6.10 Å². The fraction of sp³-hybridized carbons (Fsp3) is 0.188. The third-order valence-electron chi connectivity index (χ3n) is 3.67. The number of phenolic OH excluding ortho intramolecular Hbond substituents is 3. The Hall–Kier alpha value is -2.93. The second-order valence-electron chi connectivity index (χ2n) is 5.19. The summed E-state index contributed by atoms with van der Waals surface area (Å²) in [5, 5.41) is 39.4. The van der Waals surface area contributed by atoms with Crippen molar-refractivity contribution in [2.45, 2.75) is 18.6 Å². The molecule has 3 rings (SSSR count). The number of aliphatic hydroxyl groups is 1. The van der Waals surface area contributed by atoms with Crippen molar-refractivity contribution < 1.29 is 34.7 Å². The third-order valence-corrected chi connectivity index (χ3v) is 3.67. The van der Waals surface area contributed by atoms with Crippen molar-refractivity contribution in [2.24, 2.45) is 0 Å². The Labute approximate surface area is 131 Å². The molecule has 0 aliphatic carbocycles. The summed E-state index contributed by atoms with van der Waals surface area (Å²) in [6, 6.07) is 6.76. The molecule has 23 heavy (non-hydrogen) atoms. The van der Waals surface area contributed by atoms with E-state index in [1.807, 2.05) is 0 Å². The van der Waals surface area contributed by atoms with Crippen molar-refractivity contribution in [1.82, 2.24) is 0 Å². The van der Waals surface area contributed by atoms with Crippen LogP contribution in [0.25, 0.3) is 0 Å². The predicted octanol–water partition coefficient (Wildman–Crippen LogP) is 1.38. The zero-order chi connectivity index (χ0) is 16.6. The lowest BCUT2D eigenvalue weighted by Gasteiger charge is -2.31. The first-order valence-electron chi connectivity index (χ1n) is 6.82. The Kier molecular flexibility index (Phi) is 3.71. The van der Waals surface area contributed by atoms with E-state index in [1.165, 1.54) is 24.3 Å². The van der Waals surface area contributed by atoms with E-state index in [4.69, 9.17) is 4.74 Å².